The second kappa shape index (κ2) is 10.3. The Kier molecular flexibility index (Phi) is 7.17. The summed E-state index contributed by atoms with van der Waals surface area (Å²) in [6.07, 6.45) is 0.785. The minimum atomic E-state index is -4.08. The molecule has 0 aliphatic carbocycles. The monoisotopic (exact) mass is 491 g/mol. The van der Waals surface area contributed by atoms with E-state index in [4.69, 9.17) is 4.18 Å². The molecule has 0 N–H and O–H groups in total. The van der Waals surface area contributed by atoms with Crippen LogP contribution in [0.25, 0.3) is 10.8 Å². The Morgan fingerprint density at radius 3 is 2.26 bits per heavy atom. The number of rotatable bonds is 8. The van der Waals surface area contributed by atoms with E-state index >= 15 is 0 Å². The molecule has 0 radical (unpaired) electrons. The number of amides is 1. The van der Waals surface area contributed by atoms with Crippen LogP contribution in [0.15, 0.2) is 95.9 Å². The third-order valence-corrected chi connectivity index (χ3v) is 7.25. The molecule has 0 saturated carbocycles. The van der Waals surface area contributed by atoms with Crippen LogP contribution in [0.1, 0.15) is 36.2 Å². The van der Waals surface area contributed by atoms with E-state index in [0.717, 1.165) is 47.0 Å². The number of halogens is 1. The number of nitrogens with zero attached hydrogens (tertiary/aromatic N) is 1. The van der Waals surface area contributed by atoms with Gasteiger partial charge in [0.2, 0.25) is 0 Å². The zero-order valence-corrected chi connectivity index (χ0v) is 20.3. The van der Waals surface area contributed by atoms with E-state index in [-0.39, 0.29) is 22.6 Å². The Bertz CT molecular complexity index is 1430. The smallest absolute Gasteiger partial charge is 0.339 e. The van der Waals surface area contributed by atoms with Gasteiger partial charge in [0, 0.05) is 18.2 Å². The van der Waals surface area contributed by atoms with Gasteiger partial charge in [-0.15, -0.1) is 0 Å². The molecule has 4 aromatic carbocycles. The van der Waals surface area contributed by atoms with Crippen molar-refractivity contribution >= 4 is 26.8 Å². The van der Waals surface area contributed by atoms with Crippen LogP contribution in [-0.4, -0.2) is 25.3 Å². The van der Waals surface area contributed by atoms with E-state index in [2.05, 4.69) is 0 Å². The number of benzene rings is 4. The Morgan fingerprint density at radius 1 is 0.914 bits per heavy atom. The van der Waals surface area contributed by atoms with E-state index in [9.17, 15) is 17.6 Å². The lowest BCUT2D eigenvalue weighted by molar-refractivity contribution is 0.0673. The highest BCUT2D eigenvalue weighted by molar-refractivity contribution is 7.87. The molecule has 0 aliphatic rings. The maximum Gasteiger partial charge on any atom is 0.339 e. The predicted molar refractivity (Wildman–Crippen MR) is 134 cm³/mol. The van der Waals surface area contributed by atoms with Crippen LogP contribution >= 0.6 is 0 Å². The highest BCUT2D eigenvalue weighted by Gasteiger charge is 2.23. The number of hydrogen-bond acceptors (Lipinski definition) is 4. The van der Waals surface area contributed by atoms with Crippen molar-refractivity contribution in [2.45, 2.75) is 37.8 Å². The maximum absolute atomic E-state index is 13.6. The molecule has 0 saturated heterocycles. The van der Waals surface area contributed by atoms with Crippen molar-refractivity contribution in [3.8, 4) is 5.75 Å². The van der Waals surface area contributed by atoms with Crippen molar-refractivity contribution in [1.29, 1.82) is 0 Å². The number of fused-ring (bicyclic) bond motifs is 1. The van der Waals surface area contributed by atoms with Crippen LogP contribution in [0.5, 0.6) is 5.75 Å². The summed E-state index contributed by atoms with van der Waals surface area (Å²) >= 11 is 0. The van der Waals surface area contributed by atoms with Gasteiger partial charge in [0.05, 0.1) is 0 Å². The van der Waals surface area contributed by atoms with Crippen molar-refractivity contribution < 1.29 is 21.8 Å². The second-order valence-corrected chi connectivity index (χ2v) is 9.90. The minimum absolute atomic E-state index is 0.00347. The first-order valence-electron chi connectivity index (χ1n) is 11.4. The highest BCUT2D eigenvalue weighted by Crippen LogP contribution is 2.24. The average Bonchev–Trinajstić information content (AvgIpc) is 2.87. The van der Waals surface area contributed by atoms with Gasteiger partial charge in [-0.2, -0.15) is 8.42 Å². The van der Waals surface area contributed by atoms with Gasteiger partial charge in [-0.25, -0.2) is 4.39 Å². The fraction of sp³-hybridized carbons (Fsp3) is 0.179. The van der Waals surface area contributed by atoms with Gasteiger partial charge < -0.3 is 9.08 Å². The normalized spacial score (nSPS) is 12.3. The summed E-state index contributed by atoms with van der Waals surface area (Å²) in [7, 11) is -4.08. The van der Waals surface area contributed by atoms with Crippen molar-refractivity contribution in [3.63, 3.8) is 0 Å². The molecule has 0 spiro atoms. The molecule has 0 unspecified atom stereocenters. The largest absolute Gasteiger partial charge is 0.379 e. The molecule has 180 valence electrons. The van der Waals surface area contributed by atoms with Crippen LogP contribution in [-0.2, 0) is 16.7 Å². The van der Waals surface area contributed by atoms with Crippen molar-refractivity contribution in [2.75, 3.05) is 0 Å². The topological polar surface area (TPSA) is 63.7 Å². The molecule has 0 heterocycles. The van der Waals surface area contributed by atoms with Gasteiger partial charge in [-0.1, -0.05) is 55.5 Å². The Morgan fingerprint density at radius 2 is 1.57 bits per heavy atom. The maximum atomic E-state index is 13.6. The third kappa shape index (κ3) is 5.52. The molecule has 0 aromatic heterocycles. The van der Waals surface area contributed by atoms with Gasteiger partial charge in [-0.3, -0.25) is 4.79 Å². The van der Waals surface area contributed by atoms with Crippen LogP contribution in [0.4, 0.5) is 4.39 Å². The quantitative estimate of drug-likeness (QED) is 0.276. The molecule has 1 amide bonds. The van der Waals surface area contributed by atoms with Crippen LogP contribution < -0.4 is 4.18 Å². The zero-order valence-electron chi connectivity index (χ0n) is 19.5. The average molecular weight is 492 g/mol. The predicted octanol–water partition coefficient (Wildman–Crippen LogP) is 6.19. The summed E-state index contributed by atoms with van der Waals surface area (Å²) in [4.78, 5) is 15.3. The molecule has 5 nitrogen and oxygen atoms in total. The van der Waals surface area contributed by atoms with E-state index in [0.29, 0.717) is 12.1 Å². The first-order valence-corrected chi connectivity index (χ1v) is 12.8. The molecule has 0 aliphatic heterocycles. The first kappa shape index (κ1) is 24.4. The molecule has 4 rings (SSSR count). The molecule has 1 atom stereocenters. The molecule has 7 heteroatoms. The van der Waals surface area contributed by atoms with Gasteiger partial charge in [-0.05, 0) is 72.1 Å². The first-order chi connectivity index (χ1) is 16.8. The number of carbonyl (C=O) groups excluding carboxylic acids is 1. The molecular weight excluding hydrogens is 465 g/mol. The second-order valence-electron chi connectivity index (χ2n) is 8.35. The summed E-state index contributed by atoms with van der Waals surface area (Å²) in [5.74, 6) is -0.457. The van der Waals surface area contributed by atoms with Gasteiger partial charge in [0.25, 0.3) is 5.91 Å². The van der Waals surface area contributed by atoms with Crippen LogP contribution in [0.3, 0.4) is 0 Å². The van der Waals surface area contributed by atoms with Crippen LogP contribution in [0, 0.1) is 5.82 Å². The fourth-order valence-electron chi connectivity index (χ4n) is 3.84. The van der Waals surface area contributed by atoms with Gasteiger partial charge >= 0.3 is 10.1 Å². The lowest BCUT2D eigenvalue weighted by Gasteiger charge is -2.29. The molecule has 4 aromatic rings. The van der Waals surface area contributed by atoms with E-state index in [1.54, 1.807) is 24.3 Å². The molecule has 0 bridgehead atoms. The third-order valence-electron chi connectivity index (χ3n) is 5.99. The fourth-order valence-corrected chi connectivity index (χ4v) is 4.77. The van der Waals surface area contributed by atoms with E-state index in [1.165, 1.54) is 0 Å². The summed E-state index contributed by atoms with van der Waals surface area (Å²) in [5, 5.41) is 1.91. The van der Waals surface area contributed by atoms with Crippen molar-refractivity contribution in [2.24, 2.45) is 0 Å². The van der Waals surface area contributed by atoms with E-state index < -0.39 is 15.9 Å². The lowest BCUT2D eigenvalue weighted by Crippen LogP contribution is -2.37. The number of hydrogen-bond donors (Lipinski definition) is 0. The Labute approximate surface area is 204 Å². The summed E-state index contributed by atoms with van der Waals surface area (Å²) in [5.41, 5.74) is 1.49. The standard InChI is InChI=1S/C28H26FNO4S/c1-3-20(2)30(28(31)27-10-6-8-22-7-4-5-9-26(22)27)19-21-11-15-24(16-12-21)34-35(32,33)25-17-13-23(29)14-18-25/h4-18,20H,3,19H2,1-2H3/t20-/m0/s1. The summed E-state index contributed by atoms with van der Waals surface area (Å²) in [6.45, 7) is 4.41. The van der Waals surface area contributed by atoms with Gasteiger partial charge in [0.15, 0.2) is 0 Å². The zero-order chi connectivity index (χ0) is 25.0. The van der Waals surface area contributed by atoms with Gasteiger partial charge in [0.1, 0.15) is 16.5 Å². The highest BCUT2D eigenvalue weighted by atomic mass is 32.2. The summed E-state index contributed by atoms with van der Waals surface area (Å²) < 4.78 is 43.2. The SMILES string of the molecule is CC[C@H](C)N(Cc1ccc(OS(=O)(=O)c2ccc(F)cc2)cc1)C(=O)c1cccc2ccccc12. The van der Waals surface area contributed by atoms with Crippen molar-refractivity contribution in [3.05, 3.63) is 108 Å². The van der Waals surface area contributed by atoms with Crippen LogP contribution in [0.2, 0.25) is 0 Å². The van der Waals surface area contributed by atoms with E-state index in [1.807, 2.05) is 61.2 Å². The lowest BCUT2D eigenvalue weighted by atomic mass is 10.0. The van der Waals surface area contributed by atoms with Crippen molar-refractivity contribution in [1.82, 2.24) is 4.90 Å². The summed E-state index contributed by atoms with van der Waals surface area (Å²) in [6, 6.07) is 24.5. The molecule has 35 heavy (non-hydrogen) atoms. The number of carbonyl (C=O) groups is 1. The Hall–Kier alpha value is -3.71. The molecule has 0 fully saturated rings. The molecular formula is C28H26FNO4S. The Balaban J connectivity index is 1.55. The minimum Gasteiger partial charge on any atom is -0.379 e.